The Labute approximate surface area is 99.2 Å². The van der Waals surface area contributed by atoms with Gasteiger partial charge >= 0.3 is 0 Å². The predicted octanol–water partition coefficient (Wildman–Crippen LogP) is 3.53. The Balaban J connectivity index is 1.65. The van der Waals surface area contributed by atoms with Crippen LogP contribution in [0.15, 0.2) is 23.8 Å². The number of hydrogen-bond acceptors (Lipinski definition) is 1. The second-order valence-electron chi connectivity index (χ2n) is 5.65. The van der Waals surface area contributed by atoms with Crippen molar-refractivity contribution in [2.24, 2.45) is 5.92 Å². The second-order valence-corrected chi connectivity index (χ2v) is 5.65. The Bertz CT molecular complexity index is 297. The van der Waals surface area contributed by atoms with Gasteiger partial charge in [0.25, 0.3) is 0 Å². The summed E-state index contributed by atoms with van der Waals surface area (Å²) in [6.45, 7) is 2.61. The summed E-state index contributed by atoms with van der Waals surface area (Å²) in [4.78, 5) is 2.76. The normalized spacial score (nSPS) is 32.2. The molecule has 1 nitrogen and oxygen atoms in total. The fraction of sp³-hybridized carbons (Fsp3) is 0.733. The van der Waals surface area contributed by atoms with Gasteiger partial charge in [-0.05, 0) is 38.1 Å². The number of likely N-dealkylation sites (tertiary alicyclic amines) is 1. The molecule has 0 radical (unpaired) electrons. The minimum atomic E-state index is 0.879. The fourth-order valence-electron chi connectivity index (χ4n) is 3.60. The minimum Gasteiger partial charge on any atom is -0.296 e. The summed E-state index contributed by atoms with van der Waals surface area (Å²) in [5.41, 5.74) is 1.71. The Kier molecular flexibility index (Phi) is 3.14. The van der Waals surface area contributed by atoms with Gasteiger partial charge in [0.15, 0.2) is 0 Å². The molecular weight excluding hydrogens is 194 g/mol. The van der Waals surface area contributed by atoms with E-state index in [1.807, 2.05) is 0 Å². The molecule has 0 aromatic rings. The van der Waals surface area contributed by atoms with Crippen LogP contribution in [0, 0.1) is 5.92 Å². The Hall–Kier alpha value is -0.560. The third kappa shape index (κ3) is 2.10. The van der Waals surface area contributed by atoms with Crippen LogP contribution in [0.2, 0.25) is 0 Å². The molecule has 88 valence electrons. The summed E-state index contributed by atoms with van der Waals surface area (Å²) in [6.07, 6.45) is 17.0. The highest BCUT2D eigenvalue weighted by molar-refractivity contribution is 5.24. The van der Waals surface area contributed by atoms with Gasteiger partial charge in [-0.2, -0.15) is 0 Å². The third-order valence-electron chi connectivity index (χ3n) is 4.63. The number of nitrogens with zero attached hydrogens (tertiary/aromatic N) is 1. The quantitative estimate of drug-likeness (QED) is 0.649. The van der Waals surface area contributed by atoms with E-state index in [0.29, 0.717) is 0 Å². The highest BCUT2D eigenvalue weighted by atomic mass is 15.2. The zero-order valence-corrected chi connectivity index (χ0v) is 10.2. The lowest BCUT2D eigenvalue weighted by Gasteiger charge is -2.41. The summed E-state index contributed by atoms with van der Waals surface area (Å²) in [6, 6.07) is 0.904. The molecule has 2 fully saturated rings. The molecule has 1 saturated heterocycles. The first-order valence-corrected chi connectivity index (χ1v) is 7.03. The van der Waals surface area contributed by atoms with E-state index in [1.54, 1.807) is 5.57 Å². The smallest absolute Gasteiger partial charge is 0.0201 e. The largest absolute Gasteiger partial charge is 0.296 e. The maximum Gasteiger partial charge on any atom is 0.0201 e. The van der Waals surface area contributed by atoms with Crippen LogP contribution in [0.25, 0.3) is 0 Å². The maximum atomic E-state index is 2.76. The molecular formula is C15H23N. The SMILES string of the molecule is C1=CCC2CCN(C3CCCCC3)CC2=C1. The van der Waals surface area contributed by atoms with Crippen molar-refractivity contribution >= 4 is 0 Å². The van der Waals surface area contributed by atoms with Crippen LogP contribution in [0.3, 0.4) is 0 Å². The summed E-state index contributed by atoms with van der Waals surface area (Å²) in [7, 11) is 0. The molecule has 0 N–H and O–H groups in total. The summed E-state index contributed by atoms with van der Waals surface area (Å²) < 4.78 is 0. The minimum absolute atomic E-state index is 0.879. The van der Waals surface area contributed by atoms with Crippen molar-refractivity contribution < 1.29 is 0 Å². The van der Waals surface area contributed by atoms with Gasteiger partial charge in [0.1, 0.15) is 0 Å². The maximum absolute atomic E-state index is 2.76. The number of piperidine rings is 1. The molecule has 0 amide bonds. The van der Waals surface area contributed by atoms with Crippen molar-refractivity contribution in [2.75, 3.05) is 13.1 Å². The van der Waals surface area contributed by atoms with Crippen LogP contribution in [0.4, 0.5) is 0 Å². The molecule has 2 aliphatic carbocycles. The highest BCUT2D eigenvalue weighted by Crippen LogP contribution is 2.32. The third-order valence-corrected chi connectivity index (χ3v) is 4.63. The number of rotatable bonds is 1. The predicted molar refractivity (Wildman–Crippen MR) is 68.4 cm³/mol. The van der Waals surface area contributed by atoms with E-state index >= 15 is 0 Å². The lowest BCUT2D eigenvalue weighted by Crippen LogP contribution is -2.43. The highest BCUT2D eigenvalue weighted by Gasteiger charge is 2.28. The van der Waals surface area contributed by atoms with Crippen LogP contribution < -0.4 is 0 Å². The van der Waals surface area contributed by atoms with Crippen molar-refractivity contribution in [3.63, 3.8) is 0 Å². The van der Waals surface area contributed by atoms with E-state index in [2.05, 4.69) is 23.1 Å². The van der Waals surface area contributed by atoms with Gasteiger partial charge in [-0.15, -0.1) is 0 Å². The first kappa shape index (κ1) is 10.6. The standard InChI is InChI=1S/C15H23N/c1-2-8-15(9-3-1)16-11-10-13-6-4-5-7-14(13)12-16/h4-5,7,13,15H,1-3,6,8-12H2. The average Bonchev–Trinajstić information content (AvgIpc) is 2.39. The summed E-state index contributed by atoms with van der Waals surface area (Å²) in [5.74, 6) is 0.879. The van der Waals surface area contributed by atoms with Crippen LogP contribution in [-0.2, 0) is 0 Å². The van der Waals surface area contributed by atoms with Gasteiger partial charge in [-0.25, -0.2) is 0 Å². The van der Waals surface area contributed by atoms with Crippen molar-refractivity contribution in [2.45, 2.75) is 51.0 Å². The van der Waals surface area contributed by atoms with Crippen molar-refractivity contribution in [1.29, 1.82) is 0 Å². The van der Waals surface area contributed by atoms with Gasteiger partial charge in [0.05, 0.1) is 0 Å². The molecule has 3 rings (SSSR count). The van der Waals surface area contributed by atoms with Crippen molar-refractivity contribution in [1.82, 2.24) is 4.90 Å². The molecule has 0 aromatic carbocycles. The zero-order valence-electron chi connectivity index (χ0n) is 10.2. The Morgan fingerprint density at radius 3 is 2.81 bits per heavy atom. The molecule has 1 aliphatic heterocycles. The van der Waals surface area contributed by atoms with E-state index in [9.17, 15) is 0 Å². The van der Waals surface area contributed by atoms with Crippen LogP contribution in [0.1, 0.15) is 44.9 Å². The fourth-order valence-corrected chi connectivity index (χ4v) is 3.60. The molecule has 1 saturated carbocycles. The van der Waals surface area contributed by atoms with Crippen molar-refractivity contribution in [3.8, 4) is 0 Å². The van der Waals surface area contributed by atoms with Gasteiger partial charge in [-0.1, -0.05) is 43.1 Å². The van der Waals surface area contributed by atoms with Crippen LogP contribution in [0.5, 0.6) is 0 Å². The van der Waals surface area contributed by atoms with Gasteiger partial charge < -0.3 is 0 Å². The molecule has 3 aliphatic rings. The molecule has 0 aromatic heterocycles. The van der Waals surface area contributed by atoms with Crippen molar-refractivity contribution in [3.05, 3.63) is 23.8 Å². The van der Waals surface area contributed by atoms with Crippen LogP contribution >= 0.6 is 0 Å². The van der Waals surface area contributed by atoms with E-state index in [4.69, 9.17) is 0 Å². The lowest BCUT2D eigenvalue weighted by molar-refractivity contribution is 0.137. The molecule has 1 unspecified atom stereocenters. The van der Waals surface area contributed by atoms with Gasteiger partial charge in [0, 0.05) is 12.6 Å². The molecule has 0 spiro atoms. The summed E-state index contributed by atoms with van der Waals surface area (Å²) in [5, 5.41) is 0. The first-order chi connectivity index (χ1) is 7.93. The zero-order chi connectivity index (χ0) is 10.8. The topological polar surface area (TPSA) is 3.24 Å². The second kappa shape index (κ2) is 4.75. The number of hydrogen-bond donors (Lipinski definition) is 0. The Morgan fingerprint density at radius 2 is 1.94 bits per heavy atom. The summed E-state index contributed by atoms with van der Waals surface area (Å²) >= 11 is 0. The van der Waals surface area contributed by atoms with E-state index in [-0.39, 0.29) is 0 Å². The van der Waals surface area contributed by atoms with E-state index in [1.165, 1.54) is 58.0 Å². The number of fused-ring (bicyclic) bond motifs is 1. The lowest BCUT2D eigenvalue weighted by atomic mass is 9.83. The first-order valence-electron chi connectivity index (χ1n) is 7.03. The molecule has 1 atom stereocenters. The molecule has 0 bridgehead atoms. The van der Waals surface area contributed by atoms with Crippen LogP contribution in [-0.4, -0.2) is 24.0 Å². The number of allylic oxidation sites excluding steroid dienone is 3. The molecule has 1 heteroatoms. The molecule has 1 heterocycles. The average molecular weight is 217 g/mol. The van der Waals surface area contributed by atoms with Gasteiger partial charge in [-0.3, -0.25) is 4.90 Å². The van der Waals surface area contributed by atoms with E-state index in [0.717, 1.165) is 12.0 Å². The monoisotopic (exact) mass is 217 g/mol. The Morgan fingerprint density at radius 1 is 1.06 bits per heavy atom. The van der Waals surface area contributed by atoms with E-state index < -0.39 is 0 Å². The molecule has 16 heavy (non-hydrogen) atoms. The van der Waals surface area contributed by atoms with Gasteiger partial charge in [0.2, 0.25) is 0 Å².